The SMILES string of the molecule is COC(=O)c1ccc(C(O)c2ccc(I)c(Cl)c2)o1. The minimum absolute atomic E-state index is 0.0492. The van der Waals surface area contributed by atoms with Gasteiger partial charge in [0.25, 0.3) is 0 Å². The molecule has 0 radical (unpaired) electrons. The van der Waals surface area contributed by atoms with E-state index in [2.05, 4.69) is 27.3 Å². The summed E-state index contributed by atoms with van der Waals surface area (Å²) in [7, 11) is 1.26. The summed E-state index contributed by atoms with van der Waals surface area (Å²) in [6, 6.07) is 8.19. The van der Waals surface area contributed by atoms with Gasteiger partial charge in [0.2, 0.25) is 5.76 Å². The molecule has 0 spiro atoms. The van der Waals surface area contributed by atoms with Gasteiger partial charge in [-0.2, -0.15) is 0 Å². The number of aliphatic hydroxyl groups excluding tert-OH is 1. The summed E-state index contributed by atoms with van der Waals surface area (Å²) in [6.45, 7) is 0. The number of aliphatic hydroxyl groups is 1. The topological polar surface area (TPSA) is 59.7 Å². The molecule has 0 bridgehead atoms. The lowest BCUT2D eigenvalue weighted by Crippen LogP contribution is -2.00. The van der Waals surface area contributed by atoms with Crippen LogP contribution in [0.15, 0.2) is 34.7 Å². The van der Waals surface area contributed by atoms with Crippen LogP contribution < -0.4 is 0 Å². The van der Waals surface area contributed by atoms with E-state index in [-0.39, 0.29) is 11.5 Å². The van der Waals surface area contributed by atoms with Crippen LogP contribution in [0.3, 0.4) is 0 Å². The molecule has 1 heterocycles. The minimum atomic E-state index is -0.979. The fourth-order valence-electron chi connectivity index (χ4n) is 1.56. The fourth-order valence-corrected chi connectivity index (χ4v) is 2.08. The molecule has 100 valence electrons. The smallest absolute Gasteiger partial charge is 0.373 e. The van der Waals surface area contributed by atoms with Gasteiger partial charge in [-0.3, -0.25) is 0 Å². The molecule has 0 aliphatic carbocycles. The maximum atomic E-state index is 11.3. The molecule has 0 amide bonds. The van der Waals surface area contributed by atoms with Crippen molar-refractivity contribution in [1.82, 2.24) is 0 Å². The van der Waals surface area contributed by atoms with Crippen LogP contribution in [-0.2, 0) is 4.74 Å². The Kier molecular flexibility index (Phi) is 4.49. The molecule has 19 heavy (non-hydrogen) atoms. The van der Waals surface area contributed by atoms with Crippen LogP contribution in [0.4, 0.5) is 0 Å². The lowest BCUT2D eigenvalue weighted by Gasteiger charge is -2.09. The molecule has 0 saturated heterocycles. The van der Waals surface area contributed by atoms with Crippen molar-refractivity contribution in [3.8, 4) is 0 Å². The highest BCUT2D eigenvalue weighted by Gasteiger charge is 2.18. The Balaban J connectivity index is 2.28. The molecule has 2 rings (SSSR count). The van der Waals surface area contributed by atoms with Crippen molar-refractivity contribution in [2.75, 3.05) is 7.11 Å². The molecule has 1 aromatic heterocycles. The highest BCUT2D eigenvalue weighted by molar-refractivity contribution is 14.1. The van der Waals surface area contributed by atoms with Gasteiger partial charge in [0.15, 0.2) is 0 Å². The molecule has 0 fully saturated rings. The molecule has 4 nitrogen and oxygen atoms in total. The first-order valence-electron chi connectivity index (χ1n) is 5.34. The van der Waals surface area contributed by atoms with Gasteiger partial charge in [0.1, 0.15) is 11.9 Å². The Labute approximate surface area is 128 Å². The van der Waals surface area contributed by atoms with E-state index in [9.17, 15) is 9.90 Å². The Bertz CT molecular complexity index is 608. The molecule has 1 unspecified atom stereocenters. The van der Waals surface area contributed by atoms with Gasteiger partial charge in [-0.15, -0.1) is 0 Å². The zero-order valence-corrected chi connectivity index (χ0v) is 12.8. The van der Waals surface area contributed by atoms with Crippen molar-refractivity contribution in [1.29, 1.82) is 0 Å². The minimum Gasteiger partial charge on any atom is -0.463 e. The predicted octanol–water partition coefficient (Wildman–Crippen LogP) is 3.41. The molecule has 1 atom stereocenters. The van der Waals surface area contributed by atoms with Crippen LogP contribution in [0.5, 0.6) is 0 Å². The number of ether oxygens (including phenoxy) is 1. The first-order chi connectivity index (χ1) is 9.02. The number of hydrogen-bond acceptors (Lipinski definition) is 4. The third kappa shape index (κ3) is 3.10. The Morgan fingerprint density at radius 1 is 1.42 bits per heavy atom. The summed E-state index contributed by atoms with van der Waals surface area (Å²) in [5.74, 6) is -0.273. The Morgan fingerprint density at radius 3 is 2.79 bits per heavy atom. The number of esters is 1. The number of hydrogen-bond donors (Lipinski definition) is 1. The third-order valence-corrected chi connectivity index (χ3v) is 4.11. The lowest BCUT2D eigenvalue weighted by molar-refractivity contribution is 0.0558. The molecule has 0 aliphatic heterocycles. The highest BCUT2D eigenvalue weighted by atomic mass is 127. The zero-order valence-electron chi connectivity index (χ0n) is 9.89. The zero-order chi connectivity index (χ0) is 14.0. The van der Waals surface area contributed by atoms with Crippen LogP contribution in [0.1, 0.15) is 28.0 Å². The number of halogens is 2. The van der Waals surface area contributed by atoms with E-state index < -0.39 is 12.1 Å². The average molecular weight is 393 g/mol. The number of carbonyl (C=O) groups is 1. The maximum absolute atomic E-state index is 11.3. The standard InChI is InChI=1S/C13H10ClIO4/c1-18-13(17)11-5-4-10(19-11)12(16)7-2-3-9(15)8(14)6-7/h2-6,12,16H,1H3. The summed E-state index contributed by atoms with van der Waals surface area (Å²) in [5.41, 5.74) is 0.594. The van der Waals surface area contributed by atoms with Gasteiger partial charge in [-0.05, 0) is 52.4 Å². The Hall–Kier alpha value is -1.05. The van der Waals surface area contributed by atoms with Gasteiger partial charge in [-0.25, -0.2) is 4.79 Å². The summed E-state index contributed by atoms with van der Waals surface area (Å²) in [4.78, 5) is 11.3. The predicted molar refractivity (Wildman–Crippen MR) is 78.3 cm³/mol. The van der Waals surface area contributed by atoms with Crippen molar-refractivity contribution in [3.63, 3.8) is 0 Å². The molecule has 1 aromatic carbocycles. The molecule has 2 aromatic rings. The molecule has 0 saturated carbocycles. The van der Waals surface area contributed by atoms with Crippen LogP contribution >= 0.6 is 34.2 Å². The van der Waals surface area contributed by atoms with Crippen LogP contribution in [-0.4, -0.2) is 18.2 Å². The largest absolute Gasteiger partial charge is 0.463 e. The molecular weight excluding hydrogens is 382 g/mol. The van der Waals surface area contributed by atoms with E-state index in [4.69, 9.17) is 16.0 Å². The second-order valence-electron chi connectivity index (χ2n) is 3.77. The van der Waals surface area contributed by atoms with Crippen molar-refractivity contribution in [3.05, 3.63) is 56.0 Å². The van der Waals surface area contributed by atoms with E-state index in [0.717, 1.165) is 3.57 Å². The first-order valence-corrected chi connectivity index (χ1v) is 6.79. The van der Waals surface area contributed by atoms with E-state index in [0.29, 0.717) is 10.6 Å². The van der Waals surface area contributed by atoms with Crippen LogP contribution in [0, 0.1) is 3.57 Å². The normalized spacial score (nSPS) is 12.2. The number of carbonyl (C=O) groups excluding carboxylic acids is 1. The van der Waals surface area contributed by atoms with Crippen molar-refractivity contribution in [2.45, 2.75) is 6.10 Å². The molecular formula is C13H10ClIO4. The van der Waals surface area contributed by atoms with Gasteiger partial charge < -0.3 is 14.3 Å². The van der Waals surface area contributed by atoms with E-state index in [1.54, 1.807) is 18.2 Å². The van der Waals surface area contributed by atoms with Crippen LogP contribution in [0.25, 0.3) is 0 Å². The fraction of sp³-hybridized carbons (Fsp3) is 0.154. The summed E-state index contributed by atoms with van der Waals surface area (Å²) < 4.78 is 10.7. The Morgan fingerprint density at radius 2 is 2.16 bits per heavy atom. The molecule has 6 heteroatoms. The second-order valence-corrected chi connectivity index (χ2v) is 5.34. The van der Waals surface area contributed by atoms with Crippen molar-refractivity contribution >= 4 is 40.2 Å². The number of benzene rings is 1. The number of methoxy groups -OCH3 is 1. The quantitative estimate of drug-likeness (QED) is 0.642. The highest BCUT2D eigenvalue weighted by Crippen LogP contribution is 2.28. The number of furan rings is 1. The summed E-state index contributed by atoms with van der Waals surface area (Å²) in [5, 5.41) is 10.7. The monoisotopic (exact) mass is 392 g/mol. The summed E-state index contributed by atoms with van der Waals surface area (Å²) >= 11 is 8.10. The second kappa shape index (κ2) is 5.94. The molecule has 0 aliphatic rings. The van der Waals surface area contributed by atoms with E-state index >= 15 is 0 Å². The van der Waals surface area contributed by atoms with E-state index in [1.165, 1.54) is 19.2 Å². The van der Waals surface area contributed by atoms with Gasteiger partial charge in [-0.1, -0.05) is 17.7 Å². The van der Waals surface area contributed by atoms with Crippen molar-refractivity contribution in [2.24, 2.45) is 0 Å². The molecule has 1 N–H and O–H groups in total. The third-order valence-electron chi connectivity index (χ3n) is 2.54. The number of rotatable bonds is 3. The first kappa shape index (κ1) is 14.4. The van der Waals surface area contributed by atoms with E-state index in [1.807, 2.05) is 0 Å². The van der Waals surface area contributed by atoms with Crippen LogP contribution in [0.2, 0.25) is 5.02 Å². The van der Waals surface area contributed by atoms with Gasteiger partial charge in [0.05, 0.1) is 12.1 Å². The average Bonchev–Trinajstić information content (AvgIpc) is 2.89. The van der Waals surface area contributed by atoms with Gasteiger partial charge in [0, 0.05) is 3.57 Å². The van der Waals surface area contributed by atoms with Gasteiger partial charge >= 0.3 is 5.97 Å². The maximum Gasteiger partial charge on any atom is 0.373 e. The lowest BCUT2D eigenvalue weighted by atomic mass is 10.1. The van der Waals surface area contributed by atoms with Crippen molar-refractivity contribution < 1.29 is 19.1 Å². The summed E-state index contributed by atoms with van der Waals surface area (Å²) in [6.07, 6.45) is -0.979.